The second-order valence-corrected chi connectivity index (χ2v) is 5.31. The molecule has 2 unspecified atom stereocenters. The number of hydrogen-bond acceptors (Lipinski definition) is 3. The fourth-order valence-corrected chi connectivity index (χ4v) is 2.79. The van der Waals surface area contributed by atoms with E-state index in [4.69, 9.17) is 9.47 Å². The van der Waals surface area contributed by atoms with Crippen LogP contribution in [0.5, 0.6) is 5.75 Å². The Morgan fingerprint density at radius 2 is 2.15 bits per heavy atom. The lowest BCUT2D eigenvalue weighted by Gasteiger charge is -2.32. The van der Waals surface area contributed by atoms with E-state index in [1.165, 1.54) is 18.4 Å². The Balaban J connectivity index is 2.20. The first kappa shape index (κ1) is 15.3. The zero-order valence-electron chi connectivity index (χ0n) is 12.7. The van der Waals surface area contributed by atoms with Gasteiger partial charge < -0.3 is 14.8 Å². The minimum absolute atomic E-state index is 0.234. The van der Waals surface area contributed by atoms with Crippen LogP contribution in [-0.4, -0.2) is 25.9 Å². The van der Waals surface area contributed by atoms with Crippen molar-refractivity contribution in [2.75, 3.05) is 19.8 Å². The third kappa shape index (κ3) is 3.97. The summed E-state index contributed by atoms with van der Waals surface area (Å²) in [7, 11) is 0. The lowest BCUT2D eigenvalue weighted by molar-refractivity contribution is -0.00867. The molecule has 0 aromatic heterocycles. The van der Waals surface area contributed by atoms with Crippen molar-refractivity contribution in [2.45, 2.75) is 51.7 Å². The van der Waals surface area contributed by atoms with Gasteiger partial charge in [-0.1, -0.05) is 25.1 Å². The summed E-state index contributed by atoms with van der Waals surface area (Å²) in [4.78, 5) is 0. The Morgan fingerprint density at radius 1 is 1.30 bits per heavy atom. The van der Waals surface area contributed by atoms with Gasteiger partial charge in [-0.2, -0.15) is 0 Å². The van der Waals surface area contributed by atoms with E-state index in [9.17, 15) is 0 Å². The smallest absolute Gasteiger partial charge is 0.124 e. The molecule has 112 valence electrons. The van der Waals surface area contributed by atoms with E-state index in [0.717, 1.165) is 31.7 Å². The van der Waals surface area contributed by atoms with Gasteiger partial charge in [0.15, 0.2) is 0 Å². The monoisotopic (exact) mass is 277 g/mol. The molecule has 20 heavy (non-hydrogen) atoms. The summed E-state index contributed by atoms with van der Waals surface area (Å²) in [6.45, 7) is 6.81. The van der Waals surface area contributed by atoms with Crippen LogP contribution < -0.4 is 10.1 Å². The number of benzene rings is 1. The Bertz CT molecular complexity index is 388. The van der Waals surface area contributed by atoms with Crippen LogP contribution >= 0.6 is 0 Å². The topological polar surface area (TPSA) is 30.5 Å². The largest absolute Gasteiger partial charge is 0.494 e. The van der Waals surface area contributed by atoms with Crippen LogP contribution in [0.1, 0.15) is 51.1 Å². The summed E-state index contributed by atoms with van der Waals surface area (Å²) in [6.07, 6.45) is 4.95. The number of rotatable bonds is 7. The third-order valence-electron chi connectivity index (χ3n) is 3.75. The normalized spacial score (nSPS) is 20.6. The van der Waals surface area contributed by atoms with Gasteiger partial charge >= 0.3 is 0 Å². The van der Waals surface area contributed by atoms with Crippen LogP contribution in [0, 0.1) is 0 Å². The van der Waals surface area contributed by atoms with Gasteiger partial charge in [0.25, 0.3) is 0 Å². The Labute approximate surface area is 122 Å². The summed E-state index contributed by atoms with van der Waals surface area (Å²) >= 11 is 0. The fourth-order valence-electron chi connectivity index (χ4n) is 2.79. The first-order valence-corrected chi connectivity index (χ1v) is 7.93. The second-order valence-electron chi connectivity index (χ2n) is 5.31. The molecule has 1 saturated heterocycles. The lowest BCUT2D eigenvalue weighted by atomic mass is 9.95. The molecule has 1 N–H and O–H groups in total. The molecule has 3 nitrogen and oxygen atoms in total. The Hall–Kier alpha value is -1.06. The number of nitrogens with one attached hydrogen (secondary N) is 1. The van der Waals surface area contributed by atoms with Gasteiger partial charge in [-0.3, -0.25) is 0 Å². The highest BCUT2D eigenvalue weighted by atomic mass is 16.5. The van der Waals surface area contributed by atoms with Gasteiger partial charge in [0.2, 0.25) is 0 Å². The zero-order valence-corrected chi connectivity index (χ0v) is 12.7. The van der Waals surface area contributed by atoms with Gasteiger partial charge in [0.05, 0.1) is 18.8 Å². The molecule has 1 fully saturated rings. The van der Waals surface area contributed by atoms with E-state index in [1.807, 2.05) is 13.0 Å². The molecule has 0 aliphatic carbocycles. The minimum atomic E-state index is 0.234. The SMILES string of the molecule is CCCNC(c1ccccc1OCC)C1CCCCO1. The van der Waals surface area contributed by atoms with Crippen LogP contribution in [0.4, 0.5) is 0 Å². The maximum Gasteiger partial charge on any atom is 0.124 e. The predicted molar refractivity (Wildman–Crippen MR) is 82.2 cm³/mol. The molecule has 0 spiro atoms. The van der Waals surface area contributed by atoms with Crippen LogP contribution in [0.25, 0.3) is 0 Å². The summed E-state index contributed by atoms with van der Waals surface area (Å²) < 4.78 is 11.8. The van der Waals surface area contributed by atoms with Crippen molar-refractivity contribution in [1.29, 1.82) is 0 Å². The van der Waals surface area contributed by atoms with E-state index < -0.39 is 0 Å². The Morgan fingerprint density at radius 3 is 2.85 bits per heavy atom. The highest BCUT2D eigenvalue weighted by molar-refractivity contribution is 5.36. The molecular weight excluding hydrogens is 250 g/mol. The third-order valence-corrected chi connectivity index (χ3v) is 3.75. The summed E-state index contributed by atoms with van der Waals surface area (Å²) in [6, 6.07) is 8.57. The second kappa shape index (κ2) is 8.28. The number of ether oxygens (including phenoxy) is 2. The number of hydrogen-bond donors (Lipinski definition) is 1. The van der Waals surface area contributed by atoms with Gasteiger partial charge in [-0.15, -0.1) is 0 Å². The maximum atomic E-state index is 6.01. The maximum absolute atomic E-state index is 6.01. The molecule has 1 aliphatic heterocycles. The minimum Gasteiger partial charge on any atom is -0.494 e. The molecule has 1 aromatic rings. The van der Waals surface area contributed by atoms with Crippen LogP contribution in [-0.2, 0) is 4.74 Å². The van der Waals surface area contributed by atoms with Crippen molar-refractivity contribution in [1.82, 2.24) is 5.32 Å². The summed E-state index contributed by atoms with van der Waals surface area (Å²) in [5, 5.41) is 3.65. The molecule has 1 heterocycles. The van der Waals surface area contributed by atoms with Crippen LogP contribution in [0.3, 0.4) is 0 Å². The molecular formula is C17H27NO2. The van der Waals surface area contributed by atoms with Gasteiger partial charge in [-0.25, -0.2) is 0 Å². The predicted octanol–water partition coefficient (Wildman–Crippen LogP) is 3.70. The highest BCUT2D eigenvalue weighted by Crippen LogP contribution is 2.32. The highest BCUT2D eigenvalue weighted by Gasteiger charge is 2.27. The zero-order chi connectivity index (χ0) is 14.2. The summed E-state index contributed by atoms with van der Waals surface area (Å²) in [5.74, 6) is 0.984. The van der Waals surface area contributed by atoms with E-state index in [2.05, 4.69) is 30.4 Å². The van der Waals surface area contributed by atoms with Crippen molar-refractivity contribution >= 4 is 0 Å². The molecule has 0 bridgehead atoms. The van der Waals surface area contributed by atoms with Crippen LogP contribution in [0.15, 0.2) is 24.3 Å². The van der Waals surface area contributed by atoms with Crippen molar-refractivity contribution in [3.63, 3.8) is 0 Å². The van der Waals surface area contributed by atoms with Gasteiger partial charge in [-0.05, 0) is 45.2 Å². The lowest BCUT2D eigenvalue weighted by Crippen LogP contribution is -2.36. The van der Waals surface area contributed by atoms with E-state index in [0.29, 0.717) is 6.61 Å². The average molecular weight is 277 g/mol. The van der Waals surface area contributed by atoms with Crippen molar-refractivity contribution in [3.05, 3.63) is 29.8 Å². The van der Waals surface area contributed by atoms with E-state index >= 15 is 0 Å². The molecule has 1 aliphatic rings. The standard InChI is InChI=1S/C17H27NO2/c1-3-12-18-17(16-11-7-8-13-20-16)14-9-5-6-10-15(14)19-4-2/h5-6,9-10,16-18H,3-4,7-8,11-13H2,1-2H3. The fraction of sp³-hybridized carbons (Fsp3) is 0.647. The first-order valence-electron chi connectivity index (χ1n) is 7.93. The molecule has 2 atom stereocenters. The van der Waals surface area contributed by atoms with E-state index in [-0.39, 0.29) is 12.1 Å². The quantitative estimate of drug-likeness (QED) is 0.824. The molecule has 0 saturated carbocycles. The van der Waals surface area contributed by atoms with Gasteiger partial charge in [0, 0.05) is 12.2 Å². The molecule has 0 radical (unpaired) electrons. The first-order chi connectivity index (χ1) is 9.86. The summed E-state index contributed by atoms with van der Waals surface area (Å²) in [5.41, 5.74) is 1.23. The van der Waals surface area contributed by atoms with Crippen molar-refractivity contribution in [2.24, 2.45) is 0 Å². The van der Waals surface area contributed by atoms with Gasteiger partial charge in [0.1, 0.15) is 5.75 Å². The van der Waals surface area contributed by atoms with Crippen molar-refractivity contribution in [3.8, 4) is 5.75 Å². The molecule has 2 rings (SSSR count). The molecule has 1 aromatic carbocycles. The number of para-hydroxylation sites is 1. The van der Waals surface area contributed by atoms with E-state index in [1.54, 1.807) is 0 Å². The average Bonchev–Trinajstić information content (AvgIpc) is 2.50. The molecule has 3 heteroatoms. The molecule has 0 amide bonds. The Kier molecular flexibility index (Phi) is 6.34. The van der Waals surface area contributed by atoms with Crippen molar-refractivity contribution < 1.29 is 9.47 Å². The van der Waals surface area contributed by atoms with Crippen LogP contribution in [0.2, 0.25) is 0 Å².